The van der Waals surface area contributed by atoms with Gasteiger partial charge in [0.05, 0.1) is 16.0 Å². The first-order valence-corrected chi connectivity index (χ1v) is 9.84. The highest BCUT2D eigenvalue weighted by atomic mass is 32.2. The summed E-state index contributed by atoms with van der Waals surface area (Å²) < 4.78 is 18.5. The lowest BCUT2D eigenvalue weighted by molar-refractivity contribution is 0.0686. The average molecular weight is 383 g/mol. The van der Waals surface area contributed by atoms with E-state index in [2.05, 4.69) is 21.2 Å². The van der Waals surface area contributed by atoms with E-state index in [4.69, 9.17) is 13.9 Å². The van der Waals surface area contributed by atoms with Gasteiger partial charge in [0.2, 0.25) is 6.10 Å². The highest BCUT2D eigenvalue weighted by molar-refractivity contribution is 7.98. The highest BCUT2D eigenvalue weighted by Gasteiger charge is 2.27. The number of aromatic nitrogens is 3. The van der Waals surface area contributed by atoms with Gasteiger partial charge in [0.1, 0.15) is 11.6 Å². The van der Waals surface area contributed by atoms with Crippen LogP contribution in [-0.4, -0.2) is 21.8 Å². The zero-order valence-electron chi connectivity index (χ0n) is 13.5. The molecule has 0 bridgehead atoms. The number of thiazole rings is 1. The SMILES string of the molecule is c1ccc2c(c1)OC[C@@H](c1nnc(SCc3nc4ccccc4s3)o1)O2. The van der Waals surface area contributed by atoms with Crippen molar-refractivity contribution in [1.82, 2.24) is 15.2 Å². The fraction of sp³-hybridized carbons (Fsp3) is 0.167. The van der Waals surface area contributed by atoms with Crippen LogP contribution in [0.4, 0.5) is 0 Å². The van der Waals surface area contributed by atoms with Crippen LogP contribution in [0.3, 0.4) is 0 Å². The molecule has 3 heterocycles. The topological polar surface area (TPSA) is 70.3 Å². The molecule has 5 rings (SSSR count). The zero-order chi connectivity index (χ0) is 17.3. The monoisotopic (exact) mass is 383 g/mol. The van der Waals surface area contributed by atoms with Crippen LogP contribution < -0.4 is 9.47 Å². The van der Waals surface area contributed by atoms with Crippen molar-refractivity contribution in [2.75, 3.05) is 6.61 Å². The molecule has 0 saturated carbocycles. The maximum Gasteiger partial charge on any atom is 0.277 e. The second-order valence-corrected chi connectivity index (χ2v) is 7.68. The van der Waals surface area contributed by atoms with Crippen molar-refractivity contribution in [3.05, 3.63) is 59.4 Å². The van der Waals surface area contributed by atoms with Crippen molar-refractivity contribution in [2.24, 2.45) is 0 Å². The van der Waals surface area contributed by atoms with Crippen LogP contribution in [0.25, 0.3) is 10.2 Å². The molecule has 0 N–H and O–H groups in total. The van der Waals surface area contributed by atoms with E-state index in [0.29, 0.717) is 29.2 Å². The fourth-order valence-corrected chi connectivity index (χ4v) is 4.38. The molecule has 6 nitrogen and oxygen atoms in total. The quantitative estimate of drug-likeness (QED) is 0.481. The lowest BCUT2D eigenvalue weighted by Gasteiger charge is -2.23. The Morgan fingerprint density at radius 1 is 1.04 bits per heavy atom. The standard InChI is InChI=1S/C18H13N3O3S2/c1-4-8-15-11(5-1)19-16(26-15)10-25-18-21-20-17(24-18)14-9-22-12-6-2-3-7-13(12)23-14/h1-8,14H,9-10H2/t14-/m0/s1. The van der Waals surface area contributed by atoms with Gasteiger partial charge in [-0.1, -0.05) is 36.0 Å². The first-order chi connectivity index (χ1) is 12.8. The number of nitrogens with zero attached hydrogens (tertiary/aromatic N) is 3. The zero-order valence-corrected chi connectivity index (χ0v) is 15.1. The van der Waals surface area contributed by atoms with Gasteiger partial charge in [-0.15, -0.1) is 21.5 Å². The van der Waals surface area contributed by atoms with Gasteiger partial charge < -0.3 is 13.9 Å². The van der Waals surface area contributed by atoms with Crippen LogP contribution in [0.1, 0.15) is 17.0 Å². The van der Waals surface area contributed by atoms with E-state index in [1.165, 1.54) is 16.5 Å². The molecular weight excluding hydrogens is 370 g/mol. The van der Waals surface area contributed by atoms with Crippen molar-refractivity contribution >= 4 is 33.3 Å². The summed E-state index contributed by atoms with van der Waals surface area (Å²) in [5.41, 5.74) is 1.02. The van der Waals surface area contributed by atoms with Crippen LogP contribution in [0.5, 0.6) is 11.5 Å². The molecule has 0 unspecified atom stereocenters. The van der Waals surface area contributed by atoms with E-state index >= 15 is 0 Å². The van der Waals surface area contributed by atoms with Crippen molar-refractivity contribution in [3.8, 4) is 11.5 Å². The Balaban J connectivity index is 1.27. The molecule has 1 aliphatic rings. The van der Waals surface area contributed by atoms with Crippen LogP contribution in [0.15, 0.2) is 58.2 Å². The van der Waals surface area contributed by atoms with E-state index in [-0.39, 0.29) is 0 Å². The van der Waals surface area contributed by atoms with Gasteiger partial charge in [-0.3, -0.25) is 0 Å². The number of rotatable bonds is 4. The molecule has 1 atom stereocenters. The molecule has 0 radical (unpaired) electrons. The van der Waals surface area contributed by atoms with Crippen LogP contribution in [0, 0.1) is 0 Å². The predicted molar refractivity (Wildman–Crippen MR) is 98.8 cm³/mol. The Bertz CT molecular complexity index is 1030. The number of ether oxygens (including phenoxy) is 2. The minimum absolute atomic E-state index is 0.348. The Morgan fingerprint density at radius 3 is 2.81 bits per heavy atom. The number of hydrogen-bond donors (Lipinski definition) is 0. The summed E-state index contributed by atoms with van der Waals surface area (Å²) in [4.78, 5) is 4.61. The molecule has 8 heteroatoms. The van der Waals surface area contributed by atoms with Gasteiger partial charge >= 0.3 is 0 Å². The molecule has 0 fully saturated rings. The summed E-state index contributed by atoms with van der Waals surface area (Å²) in [6, 6.07) is 15.6. The van der Waals surface area contributed by atoms with Crippen molar-refractivity contribution in [3.63, 3.8) is 0 Å². The number of fused-ring (bicyclic) bond motifs is 2. The van der Waals surface area contributed by atoms with E-state index in [1.54, 1.807) is 11.3 Å². The van der Waals surface area contributed by atoms with E-state index in [1.807, 2.05) is 42.5 Å². The van der Waals surface area contributed by atoms with Crippen LogP contribution >= 0.6 is 23.1 Å². The first kappa shape index (κ1) is 15.7. The van der Waals surface area contributed by atoms with Gasteiger partial charge in [-0.05, 0) is 24.3 Å². The smallest absolute Gasteiger partial charge is 0.277 e. The molecule has 26 heavy (non-hydrogen) atoms. The Labute approximate surface area is 157 Å². The Kier molecular flexibility index (Phi) is 3.99. The largest absolute Gasteiger partial charge is 0.485 e. The molecule has 4 aromatic rings. The third kappa shape index (κ3) is 3.02. The third-order valence-corrected chi connectivity index (χ3v) is 5.91. The molecule has 0 spiro atoms. The molecular formula is C18H13N3O3S2. The van der Waals surface area contributed by atoms with Crippen LogP contribution in [-0.2, 0) is 5.75 Å². The molecule has 0 aliphatic carbocycles. The summed E-state index contributed by atoms with van der Waals surface area (Å²) in [6.45, 7) is 0.348. The number of hydrogen-bond acceptors (Lipinski definition) is 8. The van der Waals surface area contributed by atoms with Gasteiger partial charge in [-0.25, -0.2) is 4.98 Å². The number of benzene rings is 2. The van der Waals surface area contributed by atoms with Gasteiger partial charge in [-0.2, -0.15) is 0 Å². The summed E-state index contributed by atoms with van der Waals surface area (Å²) in [5.74, 6) is 2.52. The molecule has 130 valence electrons. The van der Waals surface area contributed by atoms with Crippen molar-refractivity contribution in [1.29, 1.82) is 0 Å². The average Bonchev–Trinajstić information content (AvgIpc) is 3.32. The van der Waals surface area contributed by atoms with E-state index < -0.39 is 6.10 Å². The van der Waals surface area contributed by atoms with Crippen molar-refractivity contribution in [2.45, 2.75) is 17.1 Å². The second kappa shape index (κ2) is 6.62. The molecule has 2 aromatic heterocycles. The number of thioether (sulfide) groups is 1. The minimum atomic E-state index is -0.394. The summed E-state index contributed by atoms with van der Waals surface area (Å²) in [6.07, 6.45) is -0.394. The normalized spacial score (nSPS) is 16.1. The minimum Gasteiger partial charge on any atom is -0.485 e. The summed E-state index contributed by atoms with van der Waals surface area (Å²) in [7, 11) is 0. The van der Waals surface area contributed by atoms with E-state index in [0.717, 1.165) is 16.3 Å². The Morgan fingerprint density at radius 2 is 1.88 bits per heavy atom. The van der Waals surface area contributed by atoms with Gasteiger partial charge in [0.25, 0.3) is 11.1 Å². The Hall–Kier alpha value is -2.58. The predicted octanol–water partition coefficient (Wildman–Crippen LogP) is 4.48. The lowest BCUT2D eigenvalue weighted by atomic mass is 10.2. The fourth-order valence-electron chi connectivity index (χ4n) is 2.66. The third-order valence-electron chi connectivity index (χ3n) is 3.86. The highest BCUT2D eigenvalue weighted by Crippen LogP contribution is 2.36. The summed E-state index contributed by atoms with van der Waals surface area (Å²) in [5, 5.41) is 9.74. The van der Waals surface area contributed by atoms with Crippen LogP contribution in [0.2, 0.25) is 0 Å². The van der Waals surface area contributed by atoms with E-state index in [9.17, 15) is 0 Å². The molecule has 0 amide bonds. The molecule has 0 saturated heterocycles. The van der Waals surface area contributed by atoms with Crippen molar-refractivity contribution < 1.29 is 13.9 Å². The maximum atomic E-state index is 5.89. The first-order valence-electron chi connectivity index (χ1n) is 8.04. The molecule has 1 aliphatic heterocycles. The number of para-hydroxylation sites is 3. The van der Waals surface area contributed by atoms with Gasteiger partial charge in [0.15, 0.2) is 11.5 Å². The lowest BCUT2D eigenvalue weighted by Crippen LogP contribution is -2.21. The second-order valence-electron chi connectivity index (χ2n) is 5.63. The summed E-state index contributed by atoms with van der Waals surface area (Å²) >= 11 is 3.15. The maximum absolute atomic E-state index is 5.89. The van der Waals surface area contributed by atoms with Gasteiger partial charge in [0, 0.05) is 0 Å². The molecule has 2 aromatic carbocycles.